The molecule has 0 amide bonds. The summed E-state index contributed by atoms with van der Waals surface area (Å²) in [6.07, 6.45) is -12.5. The first-order valence-corrected chi connectivity index (χ1v) is 7.58. The minimum absolute atomic E-state index is 0.427. The Morgan fingerprint density at radius 1 is 1.20 bits per heavy atom. The van der Waals surface area contributed by atoms with E-state index in [1.807, 2.05) is 0 Å². The van der Waals surface area contributed by atoms with Gasteiger partial charge in [-0.1, -0.05) is 6.92 Å². The third kappa shape index (κ3) is 2.77. The number of esters is 2. The molecule has 3 heterocycles. The minimum atomic E-state index is -5.45. The second-order valence-corrected chi connectivity index (χ2v) is 6.67. The van der Waals surface area contributed by atoms with Gasteiger partial charge in [0.25, 0.3) is 0 Å². The highest BCUT2D eigenvalue weighted by molar-refractivity contribution is 5.84. The molecule has 0 aromatic rings. The molecule has 3 saturated heterocycles. The van der Waals surface area contributed by atoms with E-state index < -0.39 is 60.3 Å². The zero-order chi connectivity index (χ0) is 18.8. The van der Waals surface area contributed by atoms with E-state index in [0.29, 0.717) is 6.42 Å². The molecular formula is C14H16F4O7. The fourth-order valence-corrected chi connectivity index (χ4v) is 2.60. The Morgan fingerprint density at radius 2 is 1.84 bits per heavy atom. The van der Waals surface area contributed by atoms with Crippen molar-refractivity contribution in [2.75, 3.05) is 0 Å². The van der Waals surface area contributed by atoms with Crippen molar-refractivity contribution < 1.29 is 50.8 Å². The molecule has 7 nitrogen and oxygen atoms in total. The highest BCUT2D eigenvalue weighted by Crippen LogP contribution is 2.49. The van der Waals surface area contributed by atoms with Gasteiger partial charge in [0.1, 0.15) is 6.10 Å². The zero-order valence-corrected chi connectivity index (χ0v) is 13.5. The fourth-order valence-electron chi connectivity index (χ4n) is 2.60. The monoisotopic (exact) mass is 372 g/mol. The van der Waals surface area contributed by atoms with Crippen LogP contribution >= 0.6 is 0 Å². The van der Waals surface area contributed by atoms with Crippen LogP contribution in [-0.4, -0.2) is 54.9 Å². The van der Waals surface area contributed by atoms with Crippen LogP contribution in [0.25, 0.3) is 0 Å². The molecule has 0 N–H and O–H groups in total. The smallest absolute Gasteiger partial charge is 0.454 e. The summed E-state index contributed by atoms with van der Waals surface area (Å²) in [6, 6.07) is -4.35. The molecule has 6 unspecified atom stereocenters. The second kappa shape index (κ2) is 5.52. The normalized spacial score (nSPS) is 40.6. The zero-order valence-electron chi connectivity index (χ0n) is 13.5. The highest BCUT2D eigenvalue weighted by atomic mass is 19.4. The van der Waals surface area contributed by atoms with Crippen LogP contribution in [-0.2, 0) is 33.3 Å². The first-order chi connectivity index (χ1) is 11.4. The van der Waals surface area contributed by atoms with E-state index in [0.717, 1.165) is 0 Å². The Hall–Kier alpha value is -1.46. The van der Waals surface area contributed by atoms with Gasteiger partial charge in [-0.3, -0.25) is 9.53 Å². The maximum atomic E-state index is 13.7. The Balaban J connectivity index is 1.73. The maximum absolute atomic E-state index is 13.7. The molecule has 0 radical (unpaired) electrons. The van der Waals surface area contributed by atoms with E-state index >= 15 is 0 Å². The van der Waals surface area contributed by atoms with Crippen molar-refractivity contribution >= 4 is 11.9 Å². The Labute approximate surface area is 139 Å². The van der Waals surface area contributed by atoms with E-state index in [2.05, 4.69) is 9.47 Å². The molecule has 25 heavy (non-hydrogen) atoms. The van der Waals surface area contributed by atoms with E-state index in [1.54, 1.807) is 20.8 Å². The van der Waals surface area contributed by atoms with Crippen molar-refractivity contribution in [3.63, 3.8) is 0 Å². The van der Waals surface area contributed by atoms with Gasteiger partial charge in [0, 0.05) is 0 Å². The number of alkyl halides is 4. The number of ether oxygens (including phenoxy) is 5. The van der Waals surface area contributed by atoms with E-state index in [-0.39, 0.29) is 0 Å². The molecule has 3 aliphatic rings. The quantitative estimate of drug-likeness (QED) is 0.550. The molecule has 3 aliphatic heterocycles. The van der Waals surface area contributed by atoms with Gasteiger partial charge in [-0.15, -0.1) is 0 Å². The van der Waals surface area contributed by atoms with Gasteiger partial charge in [-0.2, -0.15) is 17.6 Å². The van der Waals surface area contributed by atoms with Crippen LogP contribution in [0.4, 0.5) is 17.6 Å². The summed E-state index contributed by atoms with van der Waals surface area (Å²) in [6.45, 7) is 4.95. The minimum Gasteiger partial charge on any atom is -0.454 e. The molecule has 0 aliphatic carbocycles. The van der Waals surface area contributed by atoms with Crippen molar-refractivity contribution in [1.82, 2.24) is 0 Å². The van der Waals surface area contributed by atoms with E-state index in [1.165, 1.54) is 0 Å². The first kappa shape index (κ1) is 18.3. The summed E-state index contributed by atoms with van der Waals surface area (Å²) in [5.41, 5.74) is -0.885. The van der Waals surface area contributed by atoms with Crippen LogP contribution in [0, 0.1) is 5.41 Å². The van der Waals surface area contributed by atoms with Crippen molar-refractivity contribution in [2.45, 2.75) is 70.1 Å². The van der Waals surface area contributed by atoms with Crippen LogP contribution < -0.4 is 0 Å². The number of carbonyl (C=O) groups is 2. The molecule has 0 spiro atoms. The second-order valence-electron chi connectivity index (χ2n) is 6.67. The predicted octanol–water partition coefficient (Wildman–Crippen LogP) is 1.59. The molecule has 0 aromatic heterocycles. The summed E-state index contributed by atoms with van der Waals surface area (Å²) in [4.78, 5) is 24.0. The van der Waals surface area contributed by atoms with Crippen LogP contribution in [0.3, 0.4) is 0 Å². The standard InChI is InChI=1S/C14H16F4O7/c1-4-12(2,3)11(20)23-7-5-6(21-9(7)19)8-10(22-5)25-14(18,24-8)13(15,16)17/h5-8,10H,4H2,1-3H3. The van der Waals surface area contributed by atoms with Gasteiger partial charge in [0.15, 0.2) is 18.5 Å². The molecule has 11 heteroatoms. The molecule has 0 saturated carbocycles. The number of fused-ring (bicyclic) bond motifs is 3. The Morgan fingerprint density at radius 3 is 2.40 bits per heavy atom. The SMILES string of the molecule is CCC(C)(C)C(=O)OC1C(=O)OC2C3OC(F)(C(F)(F)F)OC3OC12. The van der Waals surface area contributed by atoms with E-state index in [4.69, 9.17) is 14.2 Å². The lowest BCUT2D eigenvalue weighted by atomic mass is 9.90. The lowest BCUT2D eigenvalue weighted by Gasteiger charge is -2.25. The van der Waals surface area contributed by atoms with Crippen LogP contribution in [0.15, 0.2) is 0 Å². The van der Waals surface area contributed by atoms with Gasteiger partial charge < -0.3 is 18.9 Å². The number of hydrogen-bond acceptors (Lipinski definition) is 7. The lowest BCUT2D eigenvalue weighted by Crippen LogP contribution is -2.45. The largest absolute Gasteiger partial charge is 0.478 e. The van der Waals surface area contributed by atoms with Crippen molar-refractivity contribution in [2.24, 2.45) is 5.41 Å². The Kier molecular flexibility index (Phi) is 4.05. The van der Waals surface area contributed by atoms with Crippen LogP contribution in [0.1, 0.15) is 27.2 Å². The molecule has 142 valence electrons. The number of hydrogen-bond donors (Lipinski definition) is 0. The van der Waals surface area contributed by atoms with Gasteiger partial charge >= 0.3 is 24.2 Å². The molecule has 3 rings (SSSR count). The highest BCUT2D eigenvalue weighted by Gasteiger charge is 2.73. The molecule has 0 bridgehead atoms. The number of rotatable bonds is 3. The summed E-state index contributed by atoms with van der Waals surface area (Å²) in [5.74, 6) is -1.70. The summed E-state index contributed by atoms with van der Waals surface area (Å²) in [5, 5.41) is 0. The van der Waals surface area contributed by atoms with Crippen molar-refractivity contribution in [1.29, 1.82) is 0 Å². The summed E-state index contributed by atoms with van der Waals surface area (Å²) < 4.78 is 75.2. The topological polar surface area (TPSA) is 80.3 Å². The van der Waals surface area contributed by atoms with Crippen molar-refractivity contribution in [3.8, 4) is 0 Å². The molecule has 3 fully saturated rings. The van der Waals surface area contributed by atoms with Gasteiger partial charge in [0.05, 0.1) is 5.41 Å². The van der Waals surface area contributed by atoms with Gasteiger partial charge in [-0.25, -0.2) is 4.79 Å². The third-order valence-electron chi connectivity index (χ3n) is 4.55. The average molecular weight is 372 g/mol. The Bertz CT molecular complexity index is 592. The average Bonchev–Trinajstić information content (AvgIpc) is 3.08. The summed E-state index contributed by atoms with van der Waals surface area (Å²) in [7, 11) is 0. The molecule has 0 aromatic carbocycles. The van der Waals surface area contributed by atoms with Crippen LogP contribution in [0.2, 0.25) is 0 Å². The molecule has 6 atom stereocenters. The van der Waals surface area contributed by atoms with Gasteiger partial charge in [-0.05, 0) is 20.3 Å². The first-order valence-electron chi connectivity index (χ1n) is 7.58. The maximum Gasteiger partial charge on any atom is 0.478 e. The number of carbonyl (C=O) groups excluding carboxylic acids is 2. The van der Waals surface area contributed by atoms with Gasteiger partial charge in [0.2, 0.25) is 6.10 Å². The number of halogens is 4. The lowest BCUT2D eigenvalue weighted by molar-refractivity contribution is -0.423. The molecular weight excluding hydrogens is 356 g/mol. The van der Waals surface area contributed by atoms with Crippen LogP contribution in [0.5, 0.6) is 0 Å². The fraction of sp³-hybridized carbons (Fsp3) is 0.857. The third-order valence-corrected chi connectivity index (χ3v) is 4.55. The predicted molar refractivity (Wildman–Crippen MR) is 68.3 cm³/mol. The van der Waals surface area contributed by atoms with Crippen molar-refractivity contribution in [3.05, 3.63) is 0 Å². The van der Waals surface area contributed by atoms with E-state index in [9.17, 15) is 27.2 Å². The summed E-state index contributed by atoms with van der Waals surface area (Å²) >= 11 is 0.